The molecular weight excluding hydrogens is 408 g/mol. The SMILES string of the molecule is N=C(N)C1(c2nc(-c3cccc(CCc4cccc(CCC5CCCCC5)c4)c3)no2)CC1. The van der Waals surface area contributed by atoms with Gasteiger partial charge in [0.2, 0.25) is 11.7 Å². The minimum absolute atomic E-state index is 0.118. The quantitative estimate of drug-likeness (QED) is 0.314. The van der Waals surface area contributed by atoms with Gasteiger partial charge < -0.3 is 10.3 Å². The van der Waals surface area contributed by atoms with Gasteiger partial charge in [-0.15, -0.1) is 0 Å². The van der Waals surface area contributed by atoms with Crippen LogP contribution in [-0.4, -0.2) is 16.0 Å². The Morgan fingerprint density at radius 1 is 0.939 bits per heavy atom. The summed E-state index contributed by atoms with van der Waals surface area (Å²) in [4.78, 5) is 4.57. The maximum absolute atomic E-state index is 7.82. The second kappa shape index (κ2) is 9.50. The van der Waals surface area contributed by atoms with Crippen molar-refractivity contribution >= 4 is 5.84 Å². The van der Waals surface area contributed by atoms with Gasteiger partial charge in [-0.25, -0.2) is 0 Å². The predicted octanol–water partition coefficient (Wildman–Crippen LogP) is 6.00. The van der Waals surface area contributed by atoms with E-state index in [4.69, 9.17) is 15.7 Å². The van der Waals surface area contributed by atoms with Crippen LogP contribution in [0.4, 0.5) is 0 Å². The molecule has 2 aliphatic rings. The van der Waals surface area contributed by atoms with Crippen LogP contribution < -0.4 is 5.73 Å². The van der Waals surface area contributed by atoms with Gasteiger partial charge in [0.25, 0.3) is 0 Å². The molecular formula is C28H34N4O. The minimum Gasteiger partial charge on any atom is -0.387 e. The zero-order valence-electron chi connectivity index (χ0n) is 19.4. The molecule has 5 heteroatoms. The van der Waals surface area contributed by atoms with Crippen LogP contribution in [0.1, 0.15) is 73.9 Å². The summed E-state index contributed by atoms with van der Waals surface area (Å²) < 4.78 is 5.47. The molecule has 1 heterocycles. The van der Waals surface area contributed by atoms with Gasteiger partial charge >= 0.3 is 0 Å². The molecule has 0 amide bonds. The monoisotopic (exact) mass is 442 g/mol. The summed E-state index contributed by atoms with van der Waals surface area (Å²) in [7, 11) is 0. The van der Waals surface area contributed by atoms with E-state index in [1.807, 2.05) is 6.07 Å². The number of nitrogens with one attached hydrogen (secondary N) is 1. The number of hydrogen-bond donors (Lipinski definition) is 2. The number of aryl methyl sites for hydroxylation is 3. The highest BCUT2D eigenvalue weighted by molar-refractivity contribution is 5.91. The Bertz CT molecular complexity index is 1110. The van der Waals surface area contributed by atoms with Crippen molar-refractivity contribution in [1.82, 2.24) is 10.1 Å². The molecule has 3 aromatic rings. The molecule has 0 atom stereocenters. The van der Waals surface area contributed by atoms with Crippen molar-refractivity contribution in [2.24, 2.45) is 11.7 Å². The van der Waals surface area contributed by atoms with Crippen LogP contribution in [0.5, 0.6) is 0 Å². The van der Waals surface area contributed by atoms with E-state index in [0.29, 0.717) is 11.7 Å². The first-order valence-electron chi connectivity index (χ1n) is 12.5. The largest absolute Gasteiger partial charge is 0.387 e. The highest BCUT2D eigenvalue weighted by Crippen LogP contribution is 2.47. The van der Waals surface area contributed by atoms with Gasteiger partial charge in [0, 0.05) is 5.56 Å². The molecule has 33 heavy (non-hydrogen) atoms. The van der Waals surface area contributed by atoms with Gasteiger partial charge in [-0.05, 0) is 67.2 Å². The average Bonchev–Trinajstić information content (AvgIpc) is 3.52. The summed E-state index contributed by atoms with van der Waals surface area (Å²) in [6.45, 7) is 0. The summed E-state index contributed by atoms with van der Waals surface area (Å²) in [5.41, 5.74) is 10.3. The lowest BCUT2D eigenvalue weighted by Gasteiger charge is -2.21. The molecule has 172 valence electrons. The van der Waals surface area contributed by atoms with Crippen molar-refractivity contribution in [1.29, 1.82) is 5.41 Å². The number of benzene rings is 2. The van der Waals surface area contributed by atoms with Crippen molar-refractivity contribution in [3.8, 4) is 11.4 Å². The van der Waals surface area contributed by atoms with Gasteiger partial charge in [-0.1, -0.05) is 79.7 Å². The third-order valence-electron chi connectivity index (χ3n) is 7.55. The highest BCUT2D eigenvalue weighted by atomic mass is 16.5. The minimum atomic E-state index is -0.523. The van der Waals surface area contributed by atoms with Gasteiger partial charge in [0.1, 0.15) is 11.3 Å². The Morgan fingerprint density at radius 3 is 2.30 bits per heavy atom. The first-order valence-corrected chi connectivity index (χ1v) is 12.5. The molecule has 2 fully saturated rings. The van der Waals surface area contributed by atoms with Crippen LogP contribution in [0.2, 0.25) is 0 Å². The lowest BCUT2D eigenvalue weighted by molar-refractivity contribution is 0.339. The normalized spacial score (nSPS) is 17.7. The van der Waals surface area contributed by atoms with E-state index in [0.717, 1.165) is 37.2 Å². The molecule has 0 saturated heterocycles. The molecule has 2 aromatic carbocycles. The fraction of sp³-hybridized carbons (Fsp3) is 0.464. The lowest BCUT2D eigenvalue weighted by atomic mass is 9.85. The molecule has 2 aliphatic carbocycles. The van der Waals surface area contributed by atoms with Crippen molar-refractivity contribution in [3.05, 3.63) is 71.1 Å². The fourth-order valence-electron chi connectivity index (χ4n) is 5.20. The average molecular weight is 443 g/mol. The van der Waals surface area contributed by atoms with E-state index in [1.54, 1.807) is 0 Å². The molecule has 0 bridgehead atoms. The van der Waals surface area contributed by atoms with E-state index in [9.17, 15) is 0 Å². The van der Waals surface area contributed by atoms with Gasteiger partial charge in [0.05, 0.1) is 0 Å². The number of amidine groups is 1. The molecule has 2 saturated carbocycles. The summed E-state index contributed by atoms with van der Waals surface area (Å²) in [5.74, 6) is 2.10. The topological polar surface area (TPSA) is 88.8 Å². The maximum Gasteiger partial charge on any atom is 0.240 e. The Kier molecular flexibility index (Phi) is 6.30. The van der Waals surface area contributed by atoms with Crippen molar-refractivity contribution < 1.29 is 4.52 Å². The second-order valence-corrected chi connectivity index (χ2v) is 9.98. The number of nitrogens with zero attached hydrogens (tertiary/aromatic N) is 2. The van der Waals surface area contributed by atoms with Crippen LogP contribution >= 0.6 is 0 Å². The molecule has 3 N–H and O–H groups in total. The fourth-order valence-corrected chi connectivity index (χ4v) is 5.20. The smallest absolute Gasteiger partial charge is 0.240 e. The molecule has 0 spiro atoms. The Morgan fingerprint density at radius 2 is 1.61 bits per heavy atom. The molecule has 1 aromatic heterocycles. The number of hydrogen-bond acceptors (Lipinski definition) is 4. The zero-order chi connectivity index (χ0) is 22.7. The van der Waals surface area contributed by atoms with E-state index < -0.39 is 5.41 Å². The first kappa shape index (κ1) is 21.9. The van der Waals surface area contributed by atoms with Gasteiger partial charge in [0.15, 0.2) is 0 Å². The Labute approximate surface area is 196 Å². The van der Waals surface area contributed by atoms with Crippen LogP contribution in [0.15, 0.2) is 53.1 Å². The first-order chi connectivity index (χ1) is 16.1. The lowest BCUT2D eigenvalue weighted by Crippen LogP contribution is -2.27. The molecule has 0 radical (unpaired) electrons. The second-order valence-electron chi connectivity index (χ2n) is 9.98. The Balaban J connectivity index is 1.20. The van der Waals surface area contributed by atoms with E-state index >= 15 is 0 Å². The number of nitrogens with two attached hydrogens (primary N) is 1. The predicted molar refractivity (Wildman–Crippen MR) is 131 cm³/mol. The summed E-state index contributed by atoms with van der Waals surface area (Å²) in [6, 6.07) is 17.5. The number of rotatable bonds is 9. The van der Waals surface area contributed by atoms with Crippen molar-refractivity contribution in [3.63, 3.8) is 0 Å². The van der Waals surface area contributed by atoms with Crippen LogP contribution in [0.3, 0.4) is 0 Å². The standard InChI is InChI=1S/C28H34N4O/c29-26(30)28(16-17-28)27-31-25(32-33-27)24-11-5-10-23(19-24)15-14-22-9-4-8-21(18-22)13-12-20-6-2-1-3-7-20/h4-5,8-11,18-20H,1-3,6-7,12-17H2,(H3,29,30). The number of aromatic nitrogens is 2. The van der Waals surface area contributed by atoms with Crippen molar-refractivity contribution in [2.75, 3.05) is 0 Å². The van der Waals surface area contributed by atoms with E-state index in [-0.39, 0.29) is 5.84 Å². The summed E-state index contributed by atoms with van der Waals surface area (Å²) in [5, 5.41) is 12.0. The summed E-state index contributed by atoms with van der Waals surface area (Å²) >= 11 is 0. The van der Waals surface area contributed by atoms with Gasteiger partial charge in [-0.3, -0.25) is 5.41 Å². The van der Waals surface area contributed by atoms with Gasteiger partial charge in [-0.2, -0.15) is 4.98 Å². The zero-order valence-corrected chi connectivity index (χ0v) is 19.4. The Hall–Kier alpha value is -2.95. The summed E-state index contributed by atoms with van der Waals surface area (Å²) in [6.07, 6.45) is 13.3. The molecule has 5 rings (SSSR count). The van der Waals surface area contributed by atoms with E-state index in [1.165, 1.54) is 61.6 Å². The maximum atomic E-state index is 7.82. The highest BCUT2D eigenvalue weighted by Gasteiger charge is 2.52. The van der Waals surface area contributed by atoms with Crippen LogP contribution in [0.25, 0.3) is 11.4 Å². The van der Waals surface area contributed by atoms with E-state index in [2.05, 4.69) is 52.6 Å². The molecule has 5 nitrogen and oxygen atoms in total. The third-order valence-corrected chi connectivity index (χ3v) is 7.55. The third kappa shape index (κ3) is 5.02. The molecule has 0 aliphatic heterocycles. The van der Waals surface area contributed by atoms with Crippen LogP contribution in [0, 0.1) is 11.3 Å². The van der Waals surface area contributed by atoms with Crippen molar-refractivity contribution in [2.45, 2.75) is 76.0 Å². The van der Waals surface area contributed by atoms with Crippen LogP contribution in [-0.2, 0) is 24.7 Å². The molecule has 0 unspecified atom stereocenters.